The summed E-state index contributed by atoms with van der Waals surface area (Å²) in [5.74, 6) is 0. The van der Waals surface area contributed by atoms with Crippen LogP contribution < -0.4 is 5.32 Å². The van der Waals surface area contributed by atoms with Crippen LogP contribution in [0.3, 0.4) is 0 Å². The number of rotatable bonds is 4. The Kier molecular flexibility index (Phi) is 4.39. The molecule has 1 atom stereocenters. The molecule has 0 aromatic heterocycles. The Morgan fingerprint density at radius 3 is 2.58 bits per heavy atom. The third kappa shape index (κ3) is 3.24. The lowest BCUT2D eigenvalue weighted by molar-refractivity contribution is 0.383. The zero-order valence-corrected chi connectivity index (χ0v) is 12.2. The second kappa shape index (κ2) is 6.03. The van der Waals surface area contributed by atoms with Crippen LogP contribution in [0.25, 0.3) is 5.57 Å². The number of nitrogens with one attached hydrogen (secondary N) is 1. The normalized spacial score (nSPS) is 18.7. The highest BCUT2D eigenvalue weighted by Gasteiger charge is 2.18. The Bertz CT molecular complexity index is 526. The van der Waals surface area contributed by atoms with Gasteiger partial charge in [0.25, 0.3) is 0 Å². The summed E-state index contributed by atoms with van der Waals surface area (Å²) in [6.07, 6.45) is 5.40. The predicted molar refractivity (Wildman–Crippen MR) is 84.0 cm³/mol. The molecule has 1 unspecified atom stereocenters. The van der Waals surface area contributed by atoms with Gasteiger partial charge in [0.2, 0.25) is 0 Å². The van der Waals surface area contributed by atoms with Crippen molar-refractivity contribution in [2.24, 2.45) is 0 Å². The van der Waals surface area contributed by atoms with E-state index in [1.807, 2.05) is 6.08 Å². The van der Waals surface area contributed by atoms with Gasteiger partial charge in [-0.15, -0.1) is 0 Å². The molecule has 0 bridgehead atoms. The number of allylic oxidation sites excluding steroid dienone is 5. The summed E-state index contributed by atoms with van der Waals surface area (Å²) in [6, 6.07) is 9.32. The molecule has 1 fully saturated rings. The minimum absolute atomic E-state index is 0.538. The van der Waals surface area contributed by atoms with Crippen molar-refractivity contribution in [3.05, 3.63) is 65.3 Å². The first-order chi connectivity index (χ1) is 9.11. The second-order valence-corrected chi connectivity index (χ2v) is 5.41. The van der Waals surface area contributed by atoms with Gasteiger partial charge in [-0.2, -0.15) is 0 Å². The lowest BCUT2D eigenvalue weighted by Gasteiger charge is -2.28. The van der Waals surface area contributed by atoms with E-state index in [1.54, 1.807) is 0 Å². The van der Waals surface area contributed by atoms with E-state index in [-0.39, 0.29) is 0 Å². The standard InChI is InChI=1S/C18H23N/c1-5-15(11-14(4)13(2)3)16-7-6-8-17(12-16)18-9-10-19-18/h5-8,11-12,18-19H,1,9-10H2,2-4H3/b15-11+. The SMILES string of the molecule is C=C/C(=C\C(C)=C(C)C)c1cccc(C2CCN2)c1. The summed E-state index contributed by atoms with van der Waals surface area (Å²) >= 11 is 0. The third-order valence-electron chi connectivity index (χ3n) is 3.83. The number of hydrogen-bond donors (Lipinski definition) is 1. The van der Waals surface area contributed by atoms with Crippen LogP contribution in [0.1, 0.15) is 44.4 Å². The van der Waals surface area contributed by atoms with E-state index in [4.69, 9.17) is 0 Å². The average molecular weight is 253 g/mol. The van der Waals surface area contributed by atoms with Crippen LogP contribution in [0.15, 0.2) is 54.1 Å². The molecule has 1 saturated heterocycles. The second-order valence-electron chi connectivity index (χ2n) is 5.41. The van der Waals surface area contributed by atoms with E-state index < -0.39 is 0 Å². The van der Waals surface area contributed by atoms with Crippen LogP contribution in [0.2, 0.25) is 0 Å². The molecule has 1 nitrogen and oxygen atoms in total. The molecule has 19 heavy (non-hydrogen) atoms. The quantitative estimate of drug-likeness (QED) is 0.770. The highest BCUT2D eigenvalue weighted by atomic mass is 15.0. The summed E-state index contributed by atoms with van der Waals surface area (Å²) in [4.78, 5) is 0. The fourth-order valence-corrected chi connectivity index (χ4v) is 2.15. The molecule has 0 saturated carbocycles. The van der Waals surface area contributed by atoms with Gasteiger partial charge in [-0.05, 0) is 56.5 Å². The van der Waals surface area contributed by atoms with E-state index >= 15 is 0 Å². The molecule has 1 heteroatoms. The van der Waals surface area contributed by atoms with E-state index in [0.717, 1.165) is 6.54 Å². The molecule has 0 amide bonds. The van der Waals surface area contributed by atoms with Gasteiger partial charge in [-0.25, -0.2) is 0 Å². The minimum atomic E-state index is 0.538. The van der Waals surface area contributed by atoms with Crippen molar-refractivity contribution >= 4 is 5.57 Å². The van der Waals surface area contributed by atoms with Crippen molar-refractivity contribution in [2.45, 2.75) is 33.2 Å². The Morgan fingerprint density at radius 2 is 2.05 bits per heavy atom. The van der Waals surface area contributed by atoms with Gasteiger partial charge in [0, 0.05) is 6.04 Å². The van der Waals surface area contributed by atoms with Gasteiger partial charge < -0.3 is 5.32 Å². The van der Waals surface area contributed by atoms with E-state index in [2.05, 4.69) is 63.0 Å². The number of hydrogen-bond acceptors (Lipinski definition) is 1. The molecule has 1 N–H and O–H groups in total. The summed E-state index contributed by atoms with van der Waals surface area (Å²) in [6.45, 7) is 11.5. The van der Waals surface area contributed by atoms with Crippen molar-refractivity contribution in [2.75, 3.05) is 6.54 Å². The van der Waals surface area contributed by atoms with Crippen LogP contribution in [0.5, 0.6) is 0 Å². The maximum absolute atomic E-state index is 3.95. The maximum Gasteiger partial charge on any atom is 0.0332 e. The van der Waals surface area contributed by atoms with Crippen molar-refractivity contribution in [1.82, 2.24) is 5.32 Å². The van der Waals surface area contributed by atoms with Gasteiger partial charge in [0.15, 0.2) is 0 Å². The summed E-state index contributed by atoms with van der Waals surface area (Å²) < 4.78 is 0. The largest absolute Gasteiger partial charge is 0.310 e. The molecule has 1 aromatic carbocycles. The van der Waals surface area contributed by atoms with E-state index in [1.165, 1.54) is 34.3 Å². The fourth-order valence-electron chi connectivity index (χ4n) is 2.15. The molecule has 1 aliphatic heterocycles. The van der Waals surface area contributed by atoms with Gasteiger partial charge in [0.05, 0.1) is 0 Å². The summed E-state index contributed by atoms with van der Waals surface area (Å²) in [7, 11) is 0. The Morgan fingerprint density at radius 1 is 1.32 bits per heavy atom. The zero-order valence-electron chi connectivity index (χ0n) is 12.2. The molecule has 0 aliphatic carbocycles. The molecule has 2 rings (SSSR count). The van der Waals surface area contributed by atoms with Gasteiger partial charge >= 0.3 is 0 Å². The molecular weight excluding hydrogens is 230 g/mol. The van der Waals surface area contributed by atoms with Crippen LogP contribution >= 0.6 is 0 Å². The van der Waals surface area contributed by atoms with Crippen molar-refractivity contribution < 1.29 is 0 Å². The van der Waals surface area contributed by atoms with Gasteiger partial charge in [0.1, 0.15) is 0 Å². The van der Waals surface area contributed by atoms with Crippen LogP contribution in [-0.4, -0.2) is 6.54 Å². The minimum Gasteiger partial charge on any atom is -0.310 e. The lowest BCUT2D eigenvalue weighted by Crippen LogP contribution is -2.34. The van der Waals surface area contributed by atoms with Crippen molar-refractivity contribution in [1.29, 1.82) is 0 Å². The van der Waals surface area contributed by atoms with Crippen molar-refractivity contribution in [3.63, 3.8) is 0 Å². The molecular formula is C18H23N. The molecule has 0 spiro atoms. The van der Waals surface area contributed by atoms with E-state index in [0.29, 0.717) is 6.04 Å². The number of benzene rings is 1. The summed E-state index contributed by atoms with van der Waals surface area (Å²) in [5, 5.41) is 3.45. The van der Waals surface area contributed by atoms with Crippen LogP contribution in [0, 0.1) is 0 Å². The average Bonchev–Trinajstić information content (AvgIpc) is 2.33. The first-order valence-electron chi connectivity index (χ1n) is 6.93. The Hall–Kier alpha value is -1.60. The molecule has 1 heterocycles. The monoisotopic (exact) mass is 253 g/mol. The smallest absolute Gasteiger partial charge is 0.0332 e. The summed E-state index contributed by atoms with van der Waals surface area (Å²) in [5.41, 5.74) is 6.48. The van der Waals surface area contributed by atoms with Crippen molar-refractivity contribution in [3.8, 4) is 0 Å². The molecule has 0 radical (unpaired) electrons. The first-order valence-corrected chi connectivity index (χ1v) is 6.93. The van der Waals surface area contributed by atoms with Crippen LogP contribution in [0.4, 0.5) is 0 Å². The van der Waals surface area contributed by atoms with Gasteiger partial charge in [-0.3, -0.25) is 0 Å². The highest BCUT2D eigenvalue weighted by Crippen LogP contribution is 2.26. The van der Waals surface area contributed by atoms with Gasteiger partial charge in [-0.1, -0.05) is 48.1 Å². The lowest BCUT2D eigenvalue weighted by atomic mass is 9.93. The Balaban J connectivity index is 2.33. The maximum atomic E-state index is 3.95. The van der Waals surface area contributed by atoms with Crippen LogP contribution in [-0.2, 0) is 0 Å². The third-order valence-corrected chi connectivity index (χ3v) is 3.83. The zero-order chi connectivity index (χ0) is 13.8. The fraction of sp³-hybridized carbons (Fsp3) is 0.333. The molecule has 1 aliphatic rings. The first kappa shape index (κ1) is 13.8. The van der Waals surface area contributed by atoms with E-state index in [9.17, 15) is 0 Å². The predicted octanol–water partition coefficient (Wildman–Crippen LogP) is 4.65. The molecule has 1 aromatic rings. The topological polar surface area (TPSA) is 12.0 Å². The molecule has 100 valence electrons. The Labute approximate surface area is 116 Å². The highest BCUT2D eigenvalue weighted by molar-refractivity contribution is 5.76.